The molecule has 6 nitrogen and oxygen atoms in total. The molecule has 0 saturated carbocycles. The average molecular weight is 530 g/mol. The molecule has 1 amide bonds. The first-order chi connectivity index (χ1) is 18.8. The Morgan fingerprint density at radius 1 is 0.974 bits per heavy atom. The van der Waals surface area contributed by atoms with Crippen molar-refractivity contribution in [2.24, 2.45) is 11.8 Å². The van der Waals surface area contributed by atoms with Crippen LogP contribution in [0.1, 0.15) is 44.7 Å². The highest BCUT2D eigenvalue weighted by Crippen LogP contribution is 2.48. The van der Waals surface area contributed by atoms with E-state index in [1.54, 1.807) is 12.0 Å². The summed E-state index contributed by atoms with van der Waals surface area (Å²) in [4.78, 5) is 14.4. The van der Waals surface area contributed by atoms with Gasteiger partial charge in [0.15, 0.2) is 6.61 Å². The SMILES string of the molecule is COc1ccc(C(C)(C)[C@@H]2[C@@H](C)[C@@H](CCc3ccc(N4C(=O)COc5ccccc54)cc3)O[C@H]2CCO)cc1. The van der Waals surface area contributed by atoms with Gasteiger partial charge in [-0.15, -0.1) is 0 Å². The molecule has 1 fully saturated rings. The van der Waals surface area contributed by atoms with E-state index in [1.165, 1.54) is 11.1 Å². The molecule has 3 aromatic carbocycles. The third-order valence-corrected chi connectivity index (χ3v) is 8.60. The summed E-state index contributed by atoms with van der Waals surface area (Å²) < 4.78 is 17.6. The zero-order valence-electron chi connectivity index (χ0n) is 23.3. The van der Waals surface area contributed by atoms with Crippen LogP contribution in [-0.2, 0) is 21.4 Å². The van der Waals surface area contributed by atoms with Crippen LogP contribution in [0.2, 0.25) is 0 Å². The normalized spacial score (nSPS) is 22.9. The van der Waals surface area contributed by atoms with Gasteiger partial charge in [-0.05, 0) is 84.0 Å². The van der Waals surface area contributed by atoms with Crippen molar-refractivity contribution in [1.82, 2.24) is 0 Å². The van der Waals surface area contributed by atoms with Gasteiger partial charge in [-0.25, -0.2) is 0 Å². The number of aliphatic hydroxyl groups excluding tert-OH is 1. The molecule has 1 saturated heterocycles. The number of rotatable bonds is 9. The first kappa shape index (κ1) is 27.2. The van der Waals surface area contributed by atoms with Crippen molar-refractivity contribution in [3.8, 4) is 11.5 Å². The van der Waals surface area contributed by atoms with Crippen LogP contribution >= 0.6 is 0 Å². The van der Waals surface area contributed by atoms with E-state index < -0.39 is 0 Å². The van der Waals surface area contributed by atoms with E-state index in [2.05, 4.69) is 45.0 Å². The topological polar surface area (TPSA) is 68.2 Å². The average Bonchev–Trinajstić information content (AvgIpc) is 3.27. The van der Waals surface area contributed by atoms with Crippen molar-refractivity contribution in [1.29, 1.82) is 0 Å². The Bertz CT molecular complexity index is 1270. The second-order valence-electron chi connectivity index (χ2n) is 11.3. The highest BCUT2D eigenvalue weighted by Gasteiger charge is 2.49. The van der Waals surface area contributed by atoms with Gasteiger partial charge in [0.25, 0.3) is 5.91 Å². The van der Waals surface area contributed by atoms with Crippen molar-refractivity contribution in [2.75, 3.05) is 25.2 Å². The number of ether oxygens (including phenoxy) is 3. The van der Waals surface area contributed by atoms with Gasteiger partial charge in [-0.2, -0.15) is 0 Å². The Hall–Kier alpha value is -3.35. The molecule has 1 N–H and O–H groups in total. The summed E-state index contributed by atoms with van der Waals surface area (Å²) in [5.74, 6) is 2.11. The molecule has 3 aromatic rings. The number of hydrogen-bond donors (Lipinski definition) is 1. The van der Waals surface area contributed by atoms with Gasteiger partial charge in [0.2, 0.25) is 0 Å². The fraction of sp³-hybridized carbons (Fsp3) is 0.424. The molecule has 5 rings (SSSR count). The molecule has 0 spiro atoms. The molecule has 2 aliphatic rings. The fourth-order valence-electron chi connectivity index (χ4n) is 6.55. The van der Waals surface area contributed by atoms with E-state index in [4.69, 9.17) is 14.2 Å². The van der Waals surface area contributed by atoms with Crippen LogP contribution in [0.3, 0.4) is 0 Å². The standard InChI is InChI=1S/C33H39NO5/c1-22-28(39-30(19-20-35)32(22)33(2,3)24-12-16-26(37-4)17-13-24)18-11-23-9-14-25(15-10-23)34-27-7-5-6-8-29(27)38-21-31(34)36/h5-10,12-17,22,28,30,32,35H,11,18-21H2,1-4H3/t22-,28+,30-,32+/m0/s1. The van der Waals surface area contributed by atoms with Gasteiger partial charge in [0.1, 0.15) is 11.5 Å². The summed E-state index contributed by atoms with van der Waals surface area (Å²) >= 11 is 0. The lowest BCUT2D eigenvalue weighted by atomic mass is 9.65. The predicted octanol–water partition coefficient (Wildman–Crippen LogP) is 6.06. The molecule has 6 heteroatoms. The summed E-state index contributed by atoms with van der Waals surface area (Å²) in [6.07, 6.45) is 2.52. The van der Waals surface area contributed by atoms with Gasteiger partial charge in [0, 0.05) is 12.3 Å². The lowest BCUT2D eigenvalue weighted by molar-refractivity contribution is -0.120. The lowest BCUT2D eigenvalue weighted by Gasteiger charge is -2.38. The molecule has 0 radical (unpaired) electrons. The minimum absolute atomic E-state index is 0.00174. The number of aryl methyl sites for hydroxylation is 1. The number of anilines is 2. The van der Waals surface area contributed by atoms with Crippen LogP contribution < -0.4 is 14.4 Å². The van der Waals surface area contributed by atoms with E-state index in [0.29, 0.717) is 12.3 Å². The fourth-order valence-corrected chi connectivity index (χ4v) is 6.55. The monoisotopic (exact) mass is 529 g/mol. The highest BCUT2D eigenvalue weighted by molar-refractivity contribution is 6.04. The van der Waals surface area contributed by atoms with Crippen molar-refractivity contribution in [2.45, 2.75) is 57.7 Å². The van der Waals surface area contributed by atoms with Crippen LogP contribution in [-0.4, -0.2) is 43.5 Å². The number of methoxy groups -OCH3 is 1. The summed E-state index contributed by atoms with van der Waals surface area (Å²) in [5.41, 5.74) is 3.95. The van der Waals surface area contributed by atoms with Gasteiger partial charge >= 0.3 is 0 Å². The van der Waals surface area contributed by atoms with Crippen molar-refractivity contribution < 1.29 is 24.1 Å². The zero-order valence-corrected chi connectivity index (χ0v) is 23.3. The zero-order chi connectivity index (χ0) is 27.6. The van der Waals surface area contributed by atoms with E-state index in [1.807, 2.05) is 48.5 Å². The van der Waals surface area contributed by atoms with Crippen molar-refractivity contribution in [3.05, 3.63) is 83.9 Å². The Morgan fingerprint density at radius 2 is 1.69 bits per heavy atom. The third-order valence-electron chi connectivity index (χ3n) is 8.60. The van der Waals surface area contributed by atoms with Crippen molar-refractivity contribution >= 4 is 17.3 Å². The maximum Gasteiger partial charge on any atom is 0.269 e. The maximum absolute atomic E-state index is 12.7. The van der Waals surface area contributed by atoms with Gasteiger partial charge in [-0.1, -0.05) is 57.2 Å². The minimum Gasteiger partial charge on any atom is -0.497 e. The van der Waals surface area contributed by atoms with Crippen LogP contribution in [0.25, 0.3) is 0 Å². The van der Waals surface area contributed by atoms with Gasteiger partial charge in [0.05, 0.1) is 25.0 Å². The van der Waals surface area contributed by atoms with Gasteiger partial charge < -0.3 is 19.3 Å². The number of carbonyl (C=O) groups excluding carboxylic acids is 1. The summed E-state index contributed by atoms with van der Waals surface area (Å²) in [5, 5.41) is 9.81. The largest absolute Gasteiger partial charge is 0.497 e. The van der Waals surface area contributed by atoms with Crippen molar-refractivity contribution in [3.63, 3.8) is 0 Å². The van der Waals surface area contributed by atoms with E-state index in [0.717, 1.165) is 35.7 Å². The molecular weight excluding hydrogens is 490 g/mol. The first-order valence-electron chi connectivity index (χ1n) is 13.9. The Labute approximate surface area is 231 Å². The molecule has 2 aliphatic heterocycles. The van der Waals surface area contributed by atoms with Gasteiger partial charge in [-0.3, -0.25) is 9.69 Å². The number of para-hydroxylation sites is 2. The summed E-state index contributed by atoms with van der Waals surface area (Å²) in [6, 6.07) is 24.2. The smallest absolute Gasteiger partial charge is 0.269 e. The number of benzene rings is 3. The Morgan fingerprint density at radius 3 is 2.38 bits per heavy atom. The molecule has 39 heavy (non-hydrogen) atoms. The quantitative estimate of drug-likeness (QED) is 0.365. The molecule has 2 heterocycles. The van der Waals surface area contributed by atoms with E-state index >= 15 is 0 Å². The summed E-state index contributed by atoms with van der Waals surface area (Å²) in [7, 11) is 1.68. The van der Waals surface area contributed by atoms with E-state index in [9.17, 15) is 9.90 Å². The molecule has 0 unspecified atom stereocenters. The number of nitrogens with zero attached hydrogens (tertiary/aromatic N) is 1. The number of carbonyl (C=O) groups is 1. The molecular formula is C33H39NO5. The van der Waals surface area contributed by atoms with Crippen LogP contribution in [0, 0.1) is 11.8 Å². The molecule has 4 atom stereocenters. The second-order valence-corrected chi connectivity index (χ2v) is 11.3. The van der Waals surface area contributed by atoms with E-state index in [-0.39, 0.29) is 42.7 Å². The number of fused-ring (bicyclic) bond motifs is 1. The summed E-state index contributed by atoms with van der Waals surface area (Å²) in [6.45, 7) is 7.03. The third kappa shape index (κ3) is 5.41. The number of amides is 1. The van der Waals surface area contributed by atoms with Crippen LogP contribution in [0.15, 0.2) is 72.8 Å². The minimum atomic E-state index is -0.122. The number of aliphatic hydroxyl groups is 1. The molecule has 0 aliphatic carbocycles. The Kier molecular flexibility index (Phi) is 7.96. The van der Waals surface area contributed by atoms with Crippen LogP contribution in [0.5, 0.6) is 11.5 Å². The lowest BCUT2D eigenvalue weighted by Crippen LogP contribution is -2.38. The predicted molar refractivity (Wildman–Crippen MR) is 153 cm³/mol. The Balaban J connectivity index is 1.28. The highest BCUT2D eigenvalue weighted by atomic mass is 16.5. The molecule has 0 aromatic heterocycles. The molecule has 206 valence electrons. The second kappa shape index (κ2) is 11.4. The first-order valence-corrected chi connectivity index (χ1v) is 13.9. The number of hydrogen-bond acceptors (Lipinski definition) is 5. The van der Waals surface area contributed by atoms with Crippen LogP contribution in [0.4, 0.5) is 11.4 Å². The maximum atomic E-state index is 12.7. The molecule has 0 bridgehead atoms.